The number of nitro benzene ring substituents is 1. The zero-order valence-corrected chi connectivity index (χ0v) is 16.8. The van der Waals surface area contributed by atoms with Crippen LogP contribution in [0, 0.1) is 21.7 Å². The minimum Gasteiger partial charge on any atom is -0.335 e. The zero-order valence-electron chi connectivity index (χ0n) is 16.0. The molecule has 12 heteroatoms. The molecule has 4 aromatic rings. The third kappa shape index (κ3) is 4.30. The molecule has 162 valence electrons. The molecule has 0 unspecified atom stereocenters. The third-order valence-electron chi connectivity index (χ3n) is 4.32. The molecule has 0 saturated heterocycles. The number of nitro groups is 1. The Kier molecular flexibility index (Phi) is 5.36. The predicted octanol–water partition coefficient (Wildman–Crippen LogP) is 4.36. The monoisotopic (exact) mass is 457 g/mol. The first kappa shape index (κ1) is 21.1. The Hall–Kier alpha value is -4.19. The van der Waals surface area contributed by atoms with Crippen LogP contribution in [-0.2, 0) is 10.0 Å². The number of hydrogen-bond donors (Lipinski definition) is 2. The maximum atomic E-state index is 14.1. The second-order valence-corrected chi connectivity index (χ2v) is 8.20. The van der Waals surface area contributed by atoms with Gasteiger partial charge in [0.1, 0.15) is 11.6 Å². The fourth-order valence-corrected chi connectivity index (χ4v) is 3.88. The lowest BCUT2D eigenvalue weighted by Crippen LogP contribution is -2.16. The van der Waals surface area contributed by atoms with Gasteiger partial charge in [0, 0.05) is 18.2 Å². The van der Waals surface area contributed by atoms with Crippen LogP contribution in [0.25, 0.3) is 11.0 Å². The molecule has 0 bridgehead atoms. The molecule has 9 nitrogen and oxygen atoms in total. The van der Waals surface area contributed by atoms with E-state index < -0.39 is 32.3 Å². The Balaban J connectivity index is 1.80. The van der Waals surface area contributed by atoms with Crippen molar-refractivity contribution < 1.29 is 22.1 Å². The van der Waals surface area contributed by atoms with Crippen molar-refractivity contribution in [1.82, 2.24) is 9.97 Å². The van der Waals surface area contributed by atoms with Crippen molar-refractivity contribution in [2.45, 2.75) is 4.90 Å². The van der Waals surface area contributed by atoms with Gasteiger partial charge in [0.25, 0.3) is 15.7 Å². The summed E-state index contributed by atoms with van der Waals surface area (Å²) in [6.07, 6.45) is 0. The van der Waals surface area contributed by atoms with E-state index in [9.17, 15) is 27.3 Å². The molecule has 32 heavy (non-hydrogen) atoms. The molecule has 0 fully saturated rings. The van der Waals surface area contributed by atoms with Crippen LogP contribution in [0.1, 0.15) is 0 Å². The van der Waals surface area contributed by atoms with Crippen molar-refractivity contribution in [3.63, 3.8) is 0 Å². The van der Waals surface area contributed by atoms with E-state index in [2.05, 4.69) is 20.0 Å². The number of sulfonamides is 1. The summed E-state index contributed by atoms with van der Waals surface area (Å²) in [5.41, 5.74) is -0.0114. The summed E-state index contributed by atoms with van der Waals surface area (Å²) >= 11 is 0. The Morgan fingerprint density at radius 1 is 0.875 bits per heavy atom. The maximum absolute atomic E-state index is 14.1. The molecule has 2 N–H and O–H groups in total. The topological polar surface area (TPSA) is 127 Å². The first-order valence-electron chi connectivity index (χ1n) is 8.99. The molecule has 0 aliphatic rings. The van der Waals surface area contributed by atoms with Gasteiger partial charge in [-0.25, -0.2) is 27.2 Å². The van der Waals surface area contributed by atoms with Crippen LogP contribution in [0.3, 0.4) is 0 Å². The van der Waals surface area contributed by atoms with Crippen LogP contribution < -0.4 is 10.0 Å². The van der Waals surface area contributed by atoms with Gasteiger partial charge >= 0.3 is 0 Å². The molecular formula is C20H13F2N5O4S. The standard InChI is InChI=1S/C20H13F2N5O4S/c21-12-8-9-15(22)18(10-12)25-19-20(24-17-7-2-1-6-16(17)23-19)26-32(30,31)14-5-3-4-13(11-14)27(28)29/h1-11H,(H,23,25)(H,24,26). The lowest BCUT2D eigenvalue weighted by Gasteiger charge is -2.14. The van der Waals surface area contributed by atoms with E-state index in [4.69, 9.17) is 0 Å². The van der Waals surface area contributed by atoms with Crippen LogP contribution in [-0.4, -0.2) is 23.3 Å². The van der Waals surface area contributed by atoms with Crippen molar-refractivity contribution >= 4 is 44.1 Å². The van der Waals surface area contributed by atoms with E-state index in [-0.39, 0.29) is 22.2 Å². The van der Waals surface area contributed by atoms with Gasteiger partial charge in [0.2, 0.25) is 0 Å². The van der Waals surface area contributed by atoms with E-state index in [1.807, 2.05) is 0 Å². The highest BCUT2D eigenvalue weighted by atomic mass is 32.2. The summed E-state index contributed by atoms with van der Waals surface area (Å²) in [5, 5.41) is 13.5. The molecule has 0 radical (unpaired) electrons. The van der Waals surface area contributed by atoms with Gasteiger partial charge in [-0.05, 0) is 30.3 Å². The molecule has 1 heterocycles. The summed E-state index contributed by atoms with van der Waals surface area (Å²) in [7, 11) is -4.34. The number of anilines is 3. The highest BCUT2D eigenvalue weighted by molar-refractivity contribution is 7.92. The van der Waals surface area contributed by atoms with Crippen molar-refractivity contribution in [3.05, 3.63) is 88.5 Å². The van der Waals surface area contributed by atoms with Gasteiger partial charge in [0.05, 0.1) is 26.5 Å². The van der Waals surface area contributed by atoms with Crippen LogP contribution in [0.5, 0.6) is 0 Å². The van der Waals surface area contributed by atoms with Gasteiger partial charge in [-0.15, -0.1) is 0 Å². The predicted molar refractivity (Wildman–Crippen MR) is 113 cm³/mol. The van der Waals surface area contributed by atoms with Gasteiger partial charge in [0.15, 0.2) is 11.6 Å². The molecule has 4 rings (SSSR count). The number of benzene rings is 3. The SMILES string of the molecule is O=[N+]([O-])c1cccc(S(=O)(=O)Nc2nc3ccccc3nc2Nc2cc(F)ccc2F)c1. The van der Waals surface area contributed by atoms with Gasteiger partial charge in [-0.2, -0.15) is 0 Å². The third-order valence-corrected chi connectivity index (χ3v) is 5.66. The molecule has 1 aromatic heterocycles. The Bertz CT molecular complexity index is 1460. The average molecular weight is 457 g/mol. The number of hydrogen-bond acceptors (Lipinski definition) is 7. The molecule has 3 aromatic carbocycles. The van der Waals surface area contributed by atoms with E-state index in [0.717, 1.165) is 30.3 Å². The lowest BCUT2D eigenvalue weighted by molar-refractivity contribution is -0.385. The number of rotatable bonds is 6. The van der Waals surface area contributed by atoms with Crippen molar-refractivity contribution in [2.24, 2.45) is 0 Å². The summed E-state index contributed by atoms with van der Waals surface area (Å²) in [6.45, 7) is 0. The number of aromatic nitrogens is 2. The first-order chi connectivity index (χ1) is 15.2. The van der Waals surface area contributed by atoms with Crippen LogP contribution >= 0.6 is 0 Å². The molecule has 0 aliphatic carbocycles. The minimum absolute atomic E-state index is 0.192. The number of non-ortho nitro benzene ring substituents is 1. The van der Waals surface area contributed by atoms with E-state index in [1.165, 1.54) is 12.1 Å². The van der Waals surface area contributed by atoms with Crippen LogP contribution in [0.15, 0.2) is 71.6 Å². The van der Waals surface area contributed by atoms with Gasteiger partial charge in [-0.3, -0.25) is 14.8 Å². The van der Waals surface area contributed by atoms with E-state index in [1.54, 1.807) is 24.3 Å². The van der Waals surface area contributed by atoms with Crippen LogP contribution in [0.2, 0.25) is 0 Å². The largest absolute Gasteiger partial charge is 0.335 e. The summed E-state index contributed by atoms with van der Waals surface area (Å²) < 4.78 is 55.7. The normalized spacial score (nSPS) is 11.3. The second-order valence-electron chi connectivity index (χ2n) is 6.52. The van der Waals surface area contributed by atoms with Gasteiger partial charge in [-0.1, -0.05) is 18.2 Å². The molecule has 0 aliphatic heterocycles. The summed E-state index contributed by atoms with van der Waals surface area (Å²) in [5.74, 6) is -2.02. The van der Waals surface area contributed by atoms with Crippen molar-refractivity contribution in [3.8, 4) is 0 Å². The Morgan fingerprint density at radius 3 is 2.25 bits per heavy atom. The second kappa shape index (κ2) is 8.15. The Morgan fingerprint density at radius 2 is 1.56 bits per heavy atom. The number of fused-ring (bicyclic) bond motifs is 1. The van der Waals surface area contributed by atoms with Crippen molar-refractivity contribution in [2.75, 3.05) is 10.0 Å². The average Bonchev–Trinajstić information content (AvgIpc) is 2.76. The van der Waals surface area contributed by atoms with E-state index >= 15 is 0 Å². The lowest BCUT2D eigenvalue weighted by atomic mass is 10.3. The molecule has 0 atom stereocenters. The van der Waals surface area contributed by atoms with Gasteiger partial charge < -0.3 is 5.32 Å². The summed E-state index contributed by atoms with van der Waals surface area (Å²) in [6, 6.07) is 13.7. The fourth-order valence-electron chi connectivity index (χ4n) is 2.83. The number of nitrogens with one attached hydrogen (secondary N) is 2. The quantitative estimate of drug-likeness (QED) is 0.325. The van der Waals surface area contributed by atoms with E-state index in [0.29, 0.717) is 11.0 Å². The highest BCUT2D eigenvalue weighted by Crippen LogP contribution is 2.29. The minimum atomic E-state index is -4.34. The zero-order chi connectivity index (χ0) is 22.9. The number of nitrogens with zero attached hydrogens (tertiary/aromatic N) is 3. The fraction of sp³-hybridized carbons (Fsp3) is 0. The number of halogens is 2. The van der Waals surface area contributed by atoms with Crippen molar-refractivity contribution in [1.29, 1.82) is 0 Å². The smallest absolute Gasteiger partial charge is 0.270 e. The molecule has 0 spiro atoms. The first-order valence-corrected chi connectivity index (χ1v) is 10.5. The molecule has 0 amide bonds. The van der Waals surface area contributed by atoms with Crippen LogP contribution in [0.4, 0.5) is 31.8 Å². The molecule has 0 saturated carbocycles. The maximum Gasteiger partial charge on any atom is 0.270 e. The molecular weight excluding hydrogens is 444 g/mol. The number of para-hydroxylation sites is 2. The highest BCUT2D eigenvalue weighted by Gasteiger charge is 2.21. The summed E-state index contributed by atoms with van der Waals surface area (Å²) in [4.78, 5) is 18.4. The Labute approximate surface area is 180 Å².